The minimum Gasteiger partial charge on any atom is -0.379 e. The molecule has 1 saturated heterocycles. The summed E-state index contributed by atoms with van der Waals surface area (Å²) in [4.78, 5) is 20.8. The predicted molar refractivity (Wildman–Crippen MR) is 118 cm³/mol. The van der Waals surface area contributed by atoms with E-state index in [1.807, 2.05) is 65.7 Å². The van der Waals surface area contributed by atoms with Gasteiger partial charge < -0.3 is 10.1 Å². The largest absolute Gasteiger partial charge is 0.379 e. The summed E-state index contributed by atoms with van der Waals surface area (Å²) in [6.45, 7) is 2.85. The number of hydrazine groups is 1. The molecule has 8 heteroatoms. The molecule has 30 heavy (non-hydrogen) atoms. The van der Waals surface area contributed by atoms with Crippen LogP contribution < -0.4 is 10.3 Å². The van der Waals surface area contributed by atoms with Crippen molar-refractivity contribution in [3.8, 4) is 11.3 Å². The SMILES string of the molecule is O=C(CCl)Nc1ccc(-c2ccnc(N(c3ccccc3)N3CCOCC3)n2)cc1. The minimum absolute atomic E-state index is 0.0755. The first-order chi connectivity index (χ1) is 14.7. The van der Waals surface area contributed by atoms with E-state index in [4.69, 9.17) is 21.3 Å². The molecule has 0 radical (unpaired) electrons. The summed E-state index contributed by atoms with van der Waals surface area (Å²) in [5, 5.41) is 6.97. The van der Waals surface area contributed by atoms with E-state index in [1.165, 1.54) is 0 Å². The number of carbonyl (C=O) groups excluding carboxylic acids is 1. The van der Waals surface area contributed by atoms with Crippen LogP contribution in [0.3, 0.4) is 0 Å². The first kappa shape index (κ1) is 20.3. The normalized spacial score (nSPS) is 14.3. The zero-order valence-corrected chi connectivity index (χ0v) is 17.1. The third-order valence-electron chi connectivity index (χ3n) is 4.69. The number of alkyl halides is 1. The molecule has 1 aliphatic heterocycles. The average molecular weight is 424 g/mol. The molecule has 1 fully saturated rings. The molecule has 2 aromatic carbocycles. The maximum Gasteiger partial charge on any atom is 0.245 e. The van der Waals surface area contributed by atoms with Crippen molar-refractivity contribution < 1.29 is 9.53 Å². The summed E-state index contributed by atoms with van der Waals surface area (Å²) >= 11 is 5.55. The third-order valence-corrected chi connectivity index (χ3v) is 4.93. The molecular formula is C22H22ClN5O2. The van der Waals surface area contributed by atoms with Crippen LogP contribution in [-0.4, -0.2) is 53.1 Å². The van der Waals surface area contributed by atoms with Gasteiger partial charge in [-0.15, -0.1) is 11.6 Å². The smallest absolute Gasteiger partial charge is 0.245 e. The van der Waals surface area contributed by atoms with Gasteiger partial charge in [-0.2, -0.15) is 0 Å². The van der Waals surface area contributed by atoms with Gasteiger partial charge in [0.25, 0.3) is 0 Å². The number of ether oxygens (including phenoxy) is 1. The second-order valence-corrected chi connectivity index (χ2v) is 6.98. The number of amides is 1. The Labute approximate surface area is 180 Å². The fraction of sp³-hybridized carbons (Fsp3) is 0.227. The van der Waals surface area contributed by atoms with Crippen LogP contribution in [0.4, 0.5) is 17.3 Å². The Morgan fingerprint density at radius 1 is 1.07 bits per heavy atom. The summed E-state index contributed by atoms with van der Waals surface area (Å²) in [7, 11) is 0. The van der Waals surface area contributed by atoms with Gasteiger partial charge >= 0.3 is 0 Å². The summed E-state index contributed by atoms with van der Waals surface area (Å²) in [6, 6.07) is 19.4. The second kappa shape index (κ2) is 9.67. The van der Waals surface area contributed by atoms with Crippen molar-refractivity contribution in [1.82, 2.24) is 15.0 Å². The standard InChI is InChI=1S/C22H22ClN5O2/c23-16-21(29)25-18-8-6-17(7-9-18)20-10-11-24-22(26-20)28(19-4-2-1-3-5-19)27-12-14-30-15-13-27/h1-11H,12-16H2,(H,25,29). The van der Waals surface area contributed by atoms with Gasteiger partial charge in [-0.3, -0.25) is 4.79 Å². The van der Waals surface area contributed by atoms with Crippen molar-refractivity contribution in [3.05, 3.63) is 66.9 Å². The van der Waals surface area contributed by atoms with Crippen LogP contribution >= 0.6 is 11.6 Å². The van der Waals surface area contributed by atoms with Gasteiger partial charge in [0.2, 0.25) is 11.9 Å². The summed E-state index contributed by atoms with van der Waals surface area (Å²) in [6.07, 6.45) is 1.76. The number of para-hydroxylation sites is 1. The van der Waals surface area contributed by atoms with E-state index in [0.717, 1.165) is 30.0 Å². The first-order valence-electron chi connectivity index (χ1n) is 9.72. The molecule has 1 aliphatic rings. The highest BCUT2D eigenvalue weighted by Crippen LogP contribution is 2.27. The highest BCUT2D eigenvalue weighted by Gasteiger charge is 2.23. The average Bonchev–Trinajstić information content (AvgIpc) is 2.81. The van der Waals surface area contributed by atoms with Gasteiger partial charge in [0.1, 0.15) is 5.88 Å². The number of halogens is 1. The number of nitrogens with zero attached hydrogens (tertiary/aromatic N) is 4. The molecule has 0 unspecified atom stereocenters. The molecule has 0 aliphatic carbocycles. The summed E-state index contributed by atoms with van der Waals surface area (Å²) in [5.41, 5.74) is 3.41. The number of nitrogens with one attached hydrogen (secondary N) is 1. The molecule has 1 aromatic heterocycles. The van der Waals surface area contributed by atoms with E-state index in [0.29, 0.717) is 24.8 Å². The van der Waals surface area contributed by atoms with Crippen molar-refractivity contribution in [2.45, 2.75) is 0 Å². The Balaban J connectivity index is 1.64. The van der Waals surface area contributed by atoms with Crippen LogP contribution in [-0.2, 0) is 9.53 Å². The number of hydrogen-bond acceptors (Lipinski definition) is 6. The monoisotopic (exact) mass is 423 g/mol. The van der Waals surface area contributed by atoms with Crippen LogP contribution in [0.5, 0.6) is 0 Å². The molecule has 2 heterocycles. The molecule has 0 spiro atoms. The van der Waals surface area contributed by atoms with E-state index in [-0.39, 0.29) is 11.8 Å². The topological polar surface area (TPSA) is 70.6 Å². The molecule has 154 valence electrons. The lowest BCUT2D eigenvalue weighted by atomic mass is 10.1. The molecule has 0 bridgehead atoms. The lowest BCUT2D eigenvalue weighted by molar-refractivity contribution is -0.113. The number of benzene rings is 2. The Hall–Kier alpha value is -3.00. The number of aromatic nitrogens is 2. The Morgan fingerprint density at radius 2 is 1.80 bits per heavy atom. The zero-order valence-electron chi connectivity index (χ0n) is 16.4. The molecule has 0 atom stereocenters. The van der Waals surface area contributed by atoms with E-state index < -0.39 is 0 Å². The van der Waals surface area contributed by atoms with Gasteiger partial charge in [-0.05, 0) is 30.3 Å². The number of morpholine rings is 1. The van der Waals surface area contributed by atoms with E-state index in [9.17, 15) is 4.79 Å². The minimum atomic E-state index is -0.238. The predicted octanol–water partition coefficient (Wildman–Crippen LogP) is 3.71. The Kier molecular flexibility index (Phi) is 6.53. The number of anilines is 3. The molecule has 0 saturated carbocycles. The molecule has 7 nitrogen and oxygen atoms in total. The fourth-order valence-electron chi connectivity index (χ4n) is 3.26. The molecular weight excluding hydrogens is 402 g/mol. The highest BCUT2D eigenvalue weighted by molar-refractivity contribution is 6.29. The molecule has 1 N–H and O–H groups in total. The molecule has 3 aromatic rings. The van der Waals surface area contributed by atoms with Crippen LogP contribution in [0.2, 0.25) is 0 Å². The lowest BCUT2D eigenvalue weighted by Gasteiger charge is -2.37. The zero-order chi connectivity index (χ0) is 20.8. The quantitative estimate of drug-likeness (QED) is 0.609. The van der Waals surface area contributed by atoms with Gasteiger partial charge in [0.05, 0.1) is 24.6 Å². The van der Waals surface area contributed by atoms with Crippen LogP contribution in [0.25, 0.3) is 11.3 Å². The maximum absolute atomic E-state index is 11.5. The van der Waals surface area contributed by atoms with Crippen molar-refractivity contribution in [2.75, 3.05) is 42.5 Å². The van der Waals surface area contributed by atoms with Crippen molar-refractivity contribution in [1.29, 1.82) is 0 Å². The number of hydrogen-bond donors (Lipinski definition) is 1. The summed E-state index contributed by atoms with van der Waals surface area (Å²) in [5.74, 6) is 0.284. The Morgan fingerprint density at radius 3 is 2.50 bits per heavy atom. The third kappa shape index (κ3) is 4.76. The highest BCUT2D eigenvalue weighted by atomic mass is 35.5. The van der Waals surface area contributed by atoms with Crippen molar-refractivity contribution in [3.63, 3.8) is 0 Å². The maximum atomic E-state index is 11.5. The summed E-state index contributed by atoms with van der Waals surface area (Å²) < 4.78 is 5.51. The van der Waals surface area contributed by atoms with E-state index in [1.54, 1.807) is 6.20 Å². The lowest BCUT2D eigenvalue weighted by Crippen LogP contribution is -2.47. The number of carbonyl (C=O) groups is 1. The van der Waals surface area contributed by atoms with Crippen molar-refractivity contribution >= 4 is 34.8 Å². The van der Waals surface area contributed by atoms with Gasteiger partial charge in [-0.1, -0.05) is 30.3 Å². The Bertz CT molecular complexity index is 978. The van der Waals surface area contributed by atoms with E-state index >= 15 is 0 Å². The molecule has 1 amide bonds. The van der Waals surface area contributed by atoms with Gasteiger partial charge in [0, 0.05) is 30.5 Å². The van der Waals surface area contributed by atoms with Crippen LogP contribution in [0.15, 0.2) is 66.9 Å². The van der Waals surface area contributed by atoms with Crippen LogP contribution in [0, 0.1) is 0 Å². The number of rotatable bonds is 6. The first-order valence-corrected chi connectivity index (χ1v) is 10.2. The fourth-order valence-corrected chi connectivity index (χ4v) is 3.32. The second-order valence-electron chi connectivity index (χ2n) is 6.71. The van der Waals surface area contributed by atoms with Crippen molar-refractivity contribution in [2.24, 2.45) is 0 Å². The van der Waals surface area contributed by atoms with Gasteiger partial charge in [-0.25, -0.2) is 20.0 Å². The molecule has 4 rings (SSSR count). The van der Waals surface area contributed by atoms with Gasteiger partial charge in [0.15, 0.2) is 0 Å². The van der Waals surface area contributed by atoms with Crippen LogP contribution in [0.1, 0.15) is 0 Å². The van der Waals surface area contributed by atoms with E-state index in [2.05, 4.69) is 15.3 Å².